The molecule has 2 bridgehead atoms. The summed E-state index contributed by atoms with van der Waals surface area (Å²) < 4.78 is 19.3. The average molecular weight is 638 g/mol. The third-order valence-electron chi connectivity index (χ3n) is 10.6. The maximum absolute atomic E-state index is 13.7. The van der Waals surface area contributed by atoms with Crippen LogP contribution in [0.4, 0.5) is 10.5 Å². The first-order valence-electron chi connectivity index (χ1n) is 17.0. The van der Waals surface area contributed by atoms with Gasteiger partial charge in [-0.05, 0) is 72.6 Å². The predicted molar refractivity (Wildman–Crippen MR) is 185 cm³/mol. The molecule has 47 heavy (non-hydrogen) atoms. The summed E-state index contributed by atoms with van der Waals surface area (Å²) in [4.78, 5) is 27.4. The number of benzene rings is 3. The summed E-state index contributed by atoms with van der Waals surface area (Å²) in [5.74, 6) is 1.32. The monoisotopic (exact) mass is 637 g/mol. The molecular formula is C38H48BN3O5. The van der Waals surface area contributed by atoms with Crippen molar-refractivity contribution in [2.45, 2.75) is 90.6 Å². The highest BCUT2D eigenvalue weighted by atomic mass is 16.7. The van der Waals surface area contributed by atoms with Gasteiger partial charge in [0.1, 0.15) is 18.4 Å². The lowest BCUT2D eigenvalue weighted by Crippen LogP contribution is -2.65. The first-order valence-corrected chi connectivity index (χ1v) is 17.0. The molecule has 3 aromatic rings. The van der Waals surface area contributed by atoms with Crippen molar-refractivity contribution in [1.82, 2.24) is 10.6 Å². The van der Waals surface area contributed by atoms with Crippen molar-refractivity contribution in [3.05, 3.63) is 96.1 Å². The number of hydrogen-bond acceptors (Lipinski definition) is 5. The molecule has 8 nitrogen and oxygen atoms in total. The highest BCUT2D eigenvalue weighted by Crippen LogP contribution is 2.65. The van der Waals surface area contributed by atoms with Crippen LogP contribution in [-0.4, -0.2) is 42.7 Å². The second-order valence-corrected chi connectivity index (χ2v) is 14.7. The Balaban J connectivity index is 1.13. The molecule has 9 heteroatoms. The number of carbonyl (C=O) groups excluding carboxylic acids is 2. The summed E-state index contributed by atoms with van der Waals surface area (Å²) in [6, 6.07) is 25.7. The SMILES string of the molecule is CC(C)C[C@H](NC(=O)N[C@@H](Cc1ccccc1)C(=O)Nc1cccc(OCc2ccccc2)c1)B1OC2C[C@H]3C[C@H](C3(C)C)[C@@]2(C)O1. The van der Waals surface area contributed by atoms with Crippen LogP contribution in [0.15, 0.2) is 84.9 Å². The summed E-state index contributed by atoms with van der Waals surface area (Å²) in [5, 5.41) is 9.11. The normalized spacial score (nSPS) is 25.2. The molecule has 4 aliphatic rings. The van der Waals surface area contributed by atoms with Gasteiger partial charge < -0.3 is 30.0 Å². The van der Waals surface area contributed by atoms with E-state index in [4.69, 9.17) is 14.0 Å². The van der Waals surface area contributed by atoms with Gasteiger partial charge in [0.15, 0.2) is 0 Å². The van der Waals surface area contributed by atoms with E-state index in [2.05, 4.69) is 50.6 Å². The second-order valence-electron chi connectivity index (χ2n) is 14.7. The van der Waals surface area contributed by atoms with E-state index in [9.17, 15) is 9.59 Å². The summed E-state index contributed by atoms with van der Waals surface area (Å²) in [6.07, 6.45) is 3.18. The molecule has 3 N–H and O–H groups in total. The van der Waals surface area contributed by atoms with E-state index < -0.39 is 19.2 Å². The molecule has 1 unspecified atom stereocenters. The van der Waals surface area contributed by atoms with Crippen molar-refractivity contribution in [3.63, 3.8) is 0 Å². The van der Waals surface area contributed by atoms with Gasteiger partial charge in [-0.3, -0.25) is 4.79 Å². The molecule has 7 rings (SSSR count). The van der Waals surface area contributed by atoms with E-state index in [1.807, 2.05) is 78.9 Å². The van der Waals surface area contributed by atoms with Gasteiger partial charge in [-0.15, -0.1) is 0 Å². The van der Waals surface area contributed by atoms with Gasteiger partial charge in [0.25, 0.3) is 0 Å². The Kier molecular flexibility index (Phi) is 9.67. The van der Waals surface area contributed by atoms with Crippen molar-refractivity contribution >= 4 is 24.7 Å². The minimum absolute atomic E-state index is 0.0211. The number of rotatable bonds is 12. The van der Waals surface area contributed by atoms with Gasteiger partial charge in [-0.25, -0.2) is 4.79 Å². The van der Waals surface area contributed by atoms with E-state index in [0.717, 1.165) is 24.0 Å². The smallest absolute Gasteiger partial charge is 0.481 e. The van der Waals surface area contributed by atoms with Crippen LogP contribution in [0.2, 0.25) is 0 Å². The number of anilines is 1. The molecule has 1 heterocycles. The lowest BCUT2D eigenvalue weighted by atomic mass is 9.43. The van der Waals surface area contributed by atoms with Gasteiger partial charge in [0.2, 0.25) is 5.91 Å². The molecule has 3 aliphatic carbocycles. The number of urea groups is 1. The Morgan fingerprint density at radius 3 is 2.30 bits per heavy atom. The molecule has 3 amide bonds. The van der Waals surface area contributed by atoms with E-state index in [1.165, 1.54) is 0 Å². The molecule has 248 valence electrons. The highest BCUT2D eigenvalue weighted by Gasteiger charge is 2.68. The lowest BCUT2D eigenvalue weighted by molar-refractivity contribution is -0.199. The Morgan fingerprint density at radius 1 is 0.915 bits per heavy atom. The minimum atomic E-state index is -0.829. The molecular weight excluding hydrogens is 589 g/mol. The van der Waals surface area contributed by atoms with Crippen LogP contribution in [0.25, 0.3) is 0 Å². The van der Waals surface area contributed by atoms with Crippen molar-refractivity contribution in [2.75, 3.05) is 5.32 Å². The average Bonchev–Trinajstić information content (AvgIpc) is 3.41. The fraction of sp³-hybridized carbons (Fsp3) is 0.474. The molecule has 1 aliphatic heterocycles. The highest BCUT2D eigenvalue weighted by molar-refractivity contribution is 6.47. The van der Waals surface area contributed by atoms with Gasteiger partial charge in [-0.2, -0.15) is 0 Å². The number of carbonyl (C=O) groups is 2. The summed E-state index contributed by atoms with van der Waals surface area (Å²) in [6.45, 7) is 11.5. The van der Waals surface area contributed by atoms with Gasteiger partial charge in [-0.1, -0.05) is 94.4 Å². The maximum atomic E-state index is 13.7. The molecule has 6 atom stereocenters. The summed E-state index contributed by atoms with van der Waals surface area (Å²) in [7, 11) is -0.548. The minimum Gasteiger partial charge on any atom is -0.489 e. The molecule has 3 aromatic carbocycles. The first kappa shape index (κ1) is 33.1. The van der Waals surface area contributed by atoms with Crippen molar-refractivity contribution in [2.24, 2.45) is 23.2 Å². The summed E-state index contributed by atoms with van der Waals surface area (Å²) in [5.41, 5.74) is 2.44. The largest absolute Gasteiger partial charge is 0.489 e. The van der Waals surface area contributed by atoms with Gasteiger partial charge >= 0.3 is 13.1 Å². The third-order valence-corrected chi connectivity index (χ3v) is 10.6. The Labute approximate surface area is 279 Å². The van der Waals surface area contributed by atoms with Gasteiger partial charge in [0, 0.05) is 18.2 Å². The number of amides is 3. The maximum Gasteiger partial charge on any atom is 0.481 e. The molecule has 4 fully saturated rings. The van der Waals surface area contributed by atoms with Crippen molar-refractivity contribution in [3.8, 4) is 5.75 Å². The molecule has 0 radical (unpaired) electrons. The summed E-state index contributed by atoms with van der Waals surface area (Å²) >= 11 is 0. The lowest BCUT2D eigenvalue weighted by Gasteiger charge is -2.64. The zero-order valence-electron chi connectivity index (χ0n) is 28.2. The van der Waals surface area contributed by atoms with Crippen LogP contribution in [0.3, 0.4) is 0 Å². The molecule has 3 saturated carbocycles. The van der Waals surface area contributed by atoms with Crippen LogP contribution in [0.1, 0.15) is 65.0 Å². The Hall–Kier alpha value is -3.82. The Morgan fingerprint density at radius 2 is 1.62 bits per heavy atom. The first-order chi connectivity index (χ1) is 22.5. The van der Waals surface area contributed by atoms with Crippen LogP contribution in [-0.2, 0) is 27.1 Å². The zero-order chi connectivity index (χ0) is 33.2. The van der Waals surface area contributed by atoms with Crippen molar-refractivity contribution < 1.29 is 23.6 Å². The number of hydrogen-bond donors (Lipinski definition) is 3. The molecule has 0 spiro atoms. The number of ether oxygens (including phenoxy) is 1. The standard InChI is InChI=1S/C38H48BN3O5/c1-25(2)19-34(39-46-33-22-28-21-32(37(28,3)4)38(33,5)47-39)42-36(44)41-31(20-26-13-8-6-9-14-26)35(43)40-29-17-12-18-30(23-29)45-24-27-15-10-7-11-16-27/h6-18,23,25,28,31-34H,19-22,24H2,1-5H3,(H,40,43)(H2,41,42,44)/t28-,31+,32-,33?,34+,38-/m1/s1. The van der Waals surface area contributed by atoms with Crippen LogP contribution >= 0.6 is 0 Å². The zero-order valence-corrected chi connectivity index (χ0v) is 28.2. The van der Waals surface area contributed by atoms with Crippen molar-refractivity contribution in [1.29, 1.82) is 0 Å². The van der Waals surface area contributed by atoms with Crippen LogP contribution in [0.5, 0.6) is 5.75 Å². The third kappa shape index (κ3) is 7.36. The van der Waals surface area contributed by atoms with E-state index in [0.29, 0.717) is 48.6 Å². The fourth-order valence-corrected chi connectivity index (χ4v) is 7.88. The number of nitrogens with one attached hydrogen (secondary N) is 3. The van der Waals surface area contributed by atoms with Gasteiger partial charge in [0.05, 0.1) is 17.6 Å². The van der Waals surface area contributed by atoms with E-state index in [-0.39, 0.29) is 29.0 Å². The van der Waals surface area contributed by atoms with Crippen LogP contribution in [0, 0.1) is 23.2 Å². The molecule has 0 aromatic heterocycles. The predicted octanol–water partition coefficient (Wildman–Crippen LogP) is 6.80. The quantitative estimate of drug-likeness (QED) is 0.190. The Bertz CT molecular complexity index is 1540. The van der Waals surface area contributed by atoms with E-state index >= 15 is 0 Å². The molecule has 1 saturated heterocycles. The van der Waals surface area contributed by atoms with E-state index in [1.54, 1.807) is 6.07 Å². The van der Waals surface area contributed by atoms with Crippen LogP contribution < -0.4 is 20.7 Å². The fourth-order valence-electron chi connectivity index (χ4n) is 7.88. The second kappa shape index (κ2) is 13.7. The topological polar surface area (TPSA) is 97.9 Å².